The molecule has 147 heavy (non-hydrogen) atoms. The minimum absolute atomic E-state index is 0.0200. The first-order valence-corrected chi connectivity index (χ1v) is 87.8. The summed E-state index contributed by atoms with van der Waals surface area (Å²) >= 11 is 5.80. The molecule has 6 heterocycles. The number of thioether (sulfide) groups is 3. The molecule has 6 saturated heterocycles. The summed E-state index contributed by atoms with van der Waals surface area (Å²) in [7, 11) is -18.4. The van der Waals surface area contributed by atoms with E-state index >= 15 is 0 Å². The number of hydrogen-bond acceptors (Lipinski definition) is 18. The van der Waals surface area contributed by atoms with Gasteiger partial charge in [0, 0.05) is 53.3 Å². The fourth-order valence-corrected chi connectivity index (χ4v) is 43.5. The Bertz CT molecular complexity index is 4190. The van der Waals surface area contributed by atoms with E-state index < -0.39 is 91.1 Å². The largest absolute Gasteiger partial charge is 0.462 e. The van der Waals surface area contributed by atoms with Crippen LogP contribution in [0.25, 0.3) is 0 Å². The fraction of sp³-hybridized carbons (Fsp3) is 0.925. The van der Waals surface area contributed by atoms with Crippen LogP contribution in [0.15, 0.2) is 36.5 Å². The van der Waals surface area contributed by atoms with E-state index in [1.165, 1.54) is 16.7 Å². The highest BCUT2D eigenvalue weighted by Crippen LogP contribution is 2.72. The first kappa shape index (κ1) is 129. The Morgan fingerprint density at radius 1 is 0.279 bits per heavy atom. The van der Waals surface area contributed by atoms with Gasteiger partial charge < -0.3 is 54.0 Å². The molecule has 6 saturated carbocycles. The van der Waals surface area contributed by atoms with Crippen molar-refractivity contribution in [3.05, 3.63) is 36.5 Å². The number of hydrogen-bond donors (Lipinski definition) is 0. The van der Waals surface area contributed by atoms with Gasteiger partial charge in [0.15, 0.2) is 74.9 Å². The molecule has 24 atom stereocenters. The highest BCUT2D eigenvalue weighted by molar-refractivity contribution is 8.00. The van der Waals surface area contributed by atoms with Crippen molar-refractivity contribution in [3.8, 4) is 0 Å². The quantitative estimate of drug-likeness (QED) is 0.0330. The van der Waals surface area contributed by atoms with Gasteiger partial charge in [0.2, 0.25) is 0 Å². The number of carbonyl (C=O) groups excluding carboxylic acids is 3. The third kappa shape index (κ3) is 24.7. The Kier molecular flexibility index (Phi) is 37.9. The molecule has 0 aromatic heterocycles. The molecule has 12 rings (SSSR count). The summed E-state index contributed by atoms with van der Waals surface area (Å²) in [5.41, 5.74) is 2.28. The lowest BCUT2D eigenvalue weighted by Crippen LogP contribution is -2.62. The number of esters is 3. The summed E-state index contributed by atoms with van der Waals surface area (Å²) in [5, 5.41) is 1.09. The molecule has 3 spiro atoms. The van der Waals surface area contributed by atoms with Crippen LogP contribution in [0.1, 0.15) is 325 Å². The first-order chi connectivity index (χ1) is 65.9. The molecule has 0 amide bonds. The molecule has 15 nitrogen and oxygen atoms in total. The molecular weight excluding hydrogens is 2030 g/mol. The number of carbonyl (C=O) groups is 3. The number of rotatable bonds is 27. The van der Waals surface area contributed by atoms with Crippen LogP contribution in [-0.2, 0) is 68.4 Å². The lowest BCUT2D eigenvalue weighted by Gasteiger charge is -2.63. The Balaban J connectivity index is 0.000000226. The zero-order chi connectivity index (χ0) is 112. The van der Waals surface area contributed by atoms with Crippen molar-refractivity contribution in [2.75, 3.05) is 74.2 Å². The predicted octanol–water partition coefficient (Wildman–Crippen LogP) is 34.4. The maximum atomic E-state index is 13.9. The van der Waals surface area contributed by atoms with Crippen molar-refractivity contribution in [1.29, 1.82) is 0 Å². The van der Waals surface area contributed by atoms with Gasteiger partial charge in [-0.05, 0) is 346 Å². The van der Waals surface area contributed by atoms with Crippen molar-refractivity contribution in [2.45, 2.75) is 525 Å². The first-order valence-electron chi connectivity index (χ1n) is 58.2. The topological polar surface area (TPSA) is 162 Å². The maximum absolute atomic E-state index is 13.9. The number of fused-ring (bicyclic) bond motifs is 3. The second-order valence-corrected chi connectivity index (χ2v) is 111. The van der Waals surface area contributed by atoms with Crippen LogP contribution >= 0.6 is 35.3 Å². The predicted molar refractivity (Wildman–Crippen MR) is 651 cm³/mol. The van der Waals surface area contributed by atoms with Crippen LogP contribution < -0.4 is 0 Å². The second kappa shape index (κ2) is 43.2. The van der Waals surface area contributed by atoms with E-state index in [2.05, 4.69) is 346 Å². The van der Waals surface area contributed by atoms with Gasteiger partial charge in [-0.3, -0.25) is 14.4 Å². The molecule has 6 aliphatic carbocycles. The second-order valence-electron chi connectivity index (χ2n) is 65.2. The van der Waals surface area contributed by atoms with Gasteiger partial charge >= 0.3 is 17.9 Å². The summed E-state index contributed by atoms with van der Waals surface area (Å²) in [5.74, 6) is 8.33. The van der Waals surface area contributed by atoms with Gasteiger partial charge in [0.05, 0.1) is 36.6 Å². The summed E-state index contributed by atoms with van der Waals surface area (Å²) in [6.07, 6.45) is 16.0. The van der Waals surface area contributed by atoms with Crippen LogP contribution in [0.2, 0.25) is 163 Å². The Labute approximate surface area is 926 Å². The highest BCUT2D eigenvalue weighted by atomic mass is 32.2. The van der Waals surface area contributed by atoms with Gasteiger partial charge in [-0.1, -0.05) is 265 Å². The van der Waals surface area contributed by atoms with Gasteiger partial charge in [-0.15, -0.1) is 0 Å². The average molecular weight is 2260 g/mol. The van der Waals surface area contributed by atoms with Gasteiger partial charge in [0.1, 0.15) is 36.1 Å². The average Bonchev–Trinajstić information content (AvgIpc) is 1.65. The Hall–Kier alpha value is 0.272. The van der Waals surface area contributed by atoms with E-state index in [9.17, 15) is 14.4 Å². The van der Waals surface area contributed by atoms with Crippen LogP contribution in [-0.4, -0.2) is 204 Å². The molecular formula is C120H228O15S3Si9. The third-order valence-electron chi connectivity index (χ3n) is 46.7. The maximum Gasteiger partial charge on any atom is 0.316 e. The van der Waals surface area contributed by atoms with Crippen molar-refractivity contribution in [2.24, 2.45) is 102 Å². The Morgan fingerprint density at radius 3 is 0.633 bits per heavy atom. The van der Waals surface area contributed by atoms with E-state index in [-0.39, 0.29) is 150 Å². The van der Waals surface area contributed by atoms with Crippen LogP contribution in [0, 0.1) is 102 Å². The minimum Gasteiger partial charge on any atom is -0.462 e. The number of cyclic esters (lactones) is 3. The van der Waals surface area contributed by atoms with Gasteiger partial charge in [-0.2, -0.15) is 35.3 Å². The van der Waals surface area contributed by atoms with E-state index in [0.29, 0.717) is 55.3 Å². The molecule has 12 fully saturated rings. The minimum atomic E-state index is -2.11. The van der Waals surface area contributed by atoms with E-state index in [4.69, 9.17) is 73.8 Å². The van der Waals surface area contributed by atoms with E-state index in [1.54, 1.807) is 0 Å². The number of ether oxygens (including phenoxy) is 3. The summed E-state index contributed by atoms with van der Waals surface area (Å²) in [6.45, 7) is 139. The van der Waals surface area contributed by atoms with E-state index in [1.807, 2.05) is 35.3 Å². The SMILES string of the molecule is C=C1CC[C@@H]2[C@](C)(CO[Si](C)(C)C(C)(C)C)[C@H](O[Si](C)(C)C(C)(C)C)CC[C@@]2(C)[C@@H]1C[C@@H]1CSC[C@@]12C(=O)OC[C@H]2O[Si](C)(C)C(C)(C)C.C=C1CC[C@@H]2[C@](C)(CO[Si](C)(C)C(C)(C)C)[C@H](O[Si](C)(C)C(C)(C)C)CC[C@@]2(C)[C@@H]1C[C@@H]1CSC[C@@]12C(=O)OC[C@H]2O[Si](C)(C)C(C)(C)C.C=C1CC[C@@H]2[C@](C)(CO[Si](C)(C)C(C)(C)C)[C@H](O[Si](C)(C)C(C)(C)C)CC[C@@]2(C)[C@@H]1C[C@@H]1CSC[C@@]12C(=O)OC[C@H]2O[Si](C)(C)C(C)(C)C. The zero-order valence-electron chi connectivity index (χ0n) is 105. The van der Waals surface area contributed by atoms with Crippen LogP contribution in [0.4, 0.5) is 0 Å². The van der Waals surface area contributed by atoms with Crippen molar-refractivity contribution in [1.82, 2.24) is 0 Å². The molecule has 0 aromatic rings. The van der Waals surface area contributed by atoms with E-state index in [0.717, 1.165) is 151 Å². The fourth-order valence-electron chi connectivity index (χ4n) is 26.7. The smallest absolute Gasteiger partial charge is 0.316 e. The lowest BCUT2D eigenvalue weighted by atomic mass is 9.45. The monoisotopic (exact) mass is 2260 g/mol. The standard InChI is InChI=1S/3C40H76O5SSi3/c3*1-28-19-20-31-38(11,22-21-32(44-48(15,16)36(5,6)7)39(31,12)26-43-47(13,14)35(2,3)4)30(28)23-29-25-46-27-40(29)33(24-42-34(40)41)45-49(17,18)37(8,9)10/h3*29-33H,1,19-27H2,2-18H3/t3*29-,30-,31+,32-,33-,38+,39+,40-/m111/s1. The van der Waals surface area contributed by atoms with Crippen molar-refractivity contribution >= 4 is 128 Å². The molecule has 0 bridgehead atoms. The highest BCUT2D eigenvalue weighted by Gasteiger charge is 2.72. The molecule has 6 aliphatic heterocycles. The molecule has 0 radical (unpaired) electrons. The van der Waals surface area contributed by atoms with Crippen molar-refractivity contribution in [3.63, 3.8) is 0 Å². The lowest BCUT2D eigenvalue weighted by molar-refractivity contribution is -0.154. The van der Waals surface area contributed by atoms with Crippen LogP contribution in [0.3, 0.4) is 0 Å². The normalized spacial score (nSPS) is 36.7. The number of allylic oxidation sites excluding steroid dienone is 3. The summed E-state index contributed by atoms with van der Waals surface area (Å²) in [4.78, 5) is 41.7. The van der Waals surface area contributed by atoms with Gasteiger partial charge in [-0.25, -0.2) is 0 Å². The third-order valence-corrected chi connectivity index (χ3v) is 91.1. The molecule has 852 valence electrons. The van der Waals surface area contributed by atoms with Gasteiger partial charge in [0.25, 0.3) is 0 Å². The summed E-state index contributed by atoms with van der Waals surface area (Å²) in [6, 6.07) is 0. The summed E-state index contributed by atoms with van der Waals surface area (Å²) < 4.78 is 83.1. The molecule has 12 aliphatic rings. The Morgan fingerprint density at radius 2 is 0.456 bits per heavy atom. The van der Waals surface area contributed by atoms with Crippen LogP contribution in [0.5, 0.6) is 0 Å². The van der Waals surface area contributed by atoms with Crippen molar-refractivity contribution < 1.29 is 68.4 Å². The zero-order valence-corrected chi connectivity index (χ0v) is 116. The molecule has 0 unspecified atom stereocenters. The molecule has 27 heteroatoms. The molecule has 0 aromatic carbocycles. The molecule has 0 N–H and O–H groups in total.